The number of aryl methyl sites for hydroxylation is 1. The summed E-state index contributed by atoms with van der Waals surface area (Å²) in [7, 11) is 0. The number of carbonyl (C=O) groups is 2. The number of anilines is 2. The highest BCUT2D eigenvalue weighted by Crippen LogP contribution is 2.39. The molecular weight excluding hydrogens is 684 g/mol. The minimum Gasteiger partial charge on any atom is -0.506 e. The van der Waals surface area contributed by atoms with Crippen LogP contribution in [-0.4, -0.2) is 116 Å². The van der Waals surface area contributed by atoms with E-state index in [4.69, 9.17) is 14.2 Å². The number of morpholine rings is 1. The highest BCUT2D eigenvalue weighted by molar-refractivity contribution is 5.97. The van der Waals surface area contributed by atoms with Crippen LogP contribution in [0.25, 0.3) is 0 Å². The normalized spacial score (nSPS) is 16.9. The summed E-state index contributed by atoms with van der Waals surface area (Å²) >= 11 is 0. The van der Waals surface area contributed by atoms with Crippen LogP contribution >= 0.6 is 0 Å². The van der Waals surface area contributed by atoms with Crippen molar-refractivity contribution in [3.63, 3.8) is 0 Å². The number of phenols is 1. The number of pyridine rings is 1. The third-order valence-corrected chi connectivity index (χ3v) is 10.7. The first-order valence-corrected chi connectivity index (χ1v) is 19.8. The molecule has 0 aliphatic carbocycles. The van der Waals surface area contributed by atoms with Crippen molar-refractivity contribution in [2.75, 3.05) is 89.0 Å². The molecule has 2 amide bonds. The summed E-state index contributed by atoms with van der Waals surface area (Å²) in [4.78, 5) is 36.3. The lowest BCUT2D eigenvalue weighted by Crippen LogP contribution is -2.57. The van der Waals surface area contributed by atoms with Gasteiger partial charge >= 0.3 is 0 Å². The standard InChI is InChI=1S/C42H58N6O6/c1-3-4-19-47(22-18-43-16-11-35-8-9-36(49)40-41(35)53-30-38(50)45-40)39(51)13-25-52-24-12-33-6-5-7-34(28-33)29-46-20-14-42(15-21-46)31-48(23-26-54-42)37-27-32(2)10-17-44-37/h5-10,17,27-28,43,49H,3-4,11-16,18-26,29-31H2,1-2H3,(H,45,50). The number of phenolic OH excluding ortho intramolecular Hbond substituents is 1. The number of ether oxygens (including phenoxy) is 3. The number of unbranched alkanes of at least 4 members (excludes halogenated alkanes) is 1. The molecule has 12 heteroatoms. The Balaban J connectivity index is 0.872. The number of hydrogen-bond donors (Lipinski definition) is 3. The van der Waals surface area contributed by atoms with Gasteiger partial charge in [0.1, 0.15) is 17.3 Å². The van der Waals surface area contributed by atoms with Crippen LogP contribution in [-0.2, 0) is 38.4 Å². The number of carbonyl (C=O) groups excluding carboxylic acids is 2. The summed E-state index contributed by atoms with van der Waals surface area (Å²) in [5, 5.41) is 16.2. The first-order valence-electron chi connectivity index (χ1n) is 19.8. The van der Waals surface area contributed by atoms with Crippen LogP contribution in [0.5, 0.6) is 11.5 Å². The Hall–Kier alpha value is -4.23. The second kappa shape index (κ2) is 19.4. The van der Waals surface area contributed by atoms with Crippen molar-refractivity contribution in [3.8, 4) is 11.5 Å². The lowest BCUT2D eigenvalue weighted by atomic mass is 9.89. The largest absolute Gasteiger partial charge is 0.506 e. The fraction of sp³-hybridized carbons (Fsp3) is 0.548. The number of likely N-dealkylation sites (tertiary alicyclic amines) is 1. The number of piperidine rings is 1. The molecule has 3 N–H and O–H groups in total. The Morgan fingerprint density at radius 1 is 1.06 bits per heavy atom. The predicted molar refractivity (Wildman–Crippen MR) is 210 cm³/mol. The molecule has 1 spiro atoms. The van der Waals surface area contributed by atoms with Gasteiger partial charge in [0.15, 0.2) is 12.4 Å². The van der Waals surface area contributed by atoms with Gasteiger partial charge in [-0.3, -0.25) is 14.5 Å². The molecule has 0 unspecified atom stereocenters. The highest BCUT2D eigenvalue weighted by atomic mass is 16.5. The molecule has 2 aromatic carbocycles. The first-order chi connectivity index (χ1) is 26.3. The monoisotopic (exact) mass is 742 g/mol. The number of amides is 2. The van der Waals surface area contributed by atoms with Crippen molar-refractivity contribution in [1.82, 2.24) is 20.1 Å². The number of nitrogens with one attached hydrogen (secondary N) is 2. The smallest absolute Gasteiger partial charge is 0.262 e. The minimum absolute atomic E-state index is 0.00436. The van der Waals surface area contributed by atoms with Crippen molar-refractivity contribution < 1.29 is 28.9 Å². The van der Waals surface area contributed by atoms with Crippen LogP contribution in [0.3, 0.4) is 0 Å². The van der Waals surface area contributed by atoms with Gasteiger partial charge < -0.3 is 39.8 Å². The quantitative estimate of drug-likeness (QED) is 0.125. The van der Waals surface area contributed by atoms with Crippen LogP contribution in [0.15, 0.2) is 54.7 Å². The van der Waals surface area contributed by atoms with Crippen molar-refractivity contribution in [2.24, 2.45) is 0 Å². The molecule has 3 aliphatic rings. The summed E-state index contributed by atoms with van der Waals surface area (Å²) in [5.74, 6) is 1.41. The number of nitrogens with zero attached hydrogens (tertiary/aromatic N) is 4. The van der Waals surface area contributed by atoms with E-state index < -0.39 is 0 Å². The number of aromatic hydroxyl groups is 1. The maximum atomic E-state index is 13.1. The molecule has 0 bridgehead atoms. The van der Waals surface area contributed by atoms with E-state index in [2.05, 4.69) is 69.6 Å². The summed E-state index contributed by atoms with van der Waals surface area (Å²) in [6, 6.07) is 16.4. The molecule has 2 fully saturated rings. The van der Waals surface area contributed by atoms with Gasteiger partial charge in [0.2, 0.25) is 5.91 Å². The number of aromatic nitrogens is 1. The van der Waals surface area contributed by atoms with Crippen molar-refractivity contribution in [2.45, 2.75) is 70.9 Å². The Morgan fingerprint density at radius 3 is 2.74 bits per heavy atom. The average Bonchev–Trinajstić information content (AvgIpc) is 3.18. The van der Waals surface area contributed by atoms with E-state index in [0.717, 1.165) is 89.4 Å². The topological polar surface area (TPSA) is 129 Å². The number of fused-ring (bicyclic) bond motifs is 1. The van der Waals surface area contributed by atoms with E-state index in [0.29, 0.717) is 57.1 Å². The van der Waals surface area contributed by atoms with E-state index >= 15 is 0 Å². The maximum absolute atomic E-state index is 13.1. The van der Waals surface area contributed by atoms with Gasteiger partial charge in [-0.2, -0.15) is 0 Å². The summed E-state index contributed by atoms with van der Waals surface area (Å²) in [5.41, 5.74) is 4.95. The first kappa shape index (κ1) is 39.5. The number of benzene rings is 2. The second-order valence-electron chi connectivity index (χ2n) is 14.9. The van der Waals surface area contributed by atoms with Gasteiger partial charge in [-0.25, -0.2) is 4.98 Å². The Kier molecular flexibility index (Phi) is 14.2. The molecule has 6 rings (SSSR count). The molecule has 3 aliphatic heterocycles. The third-order valence-electron chi connectivity index (χ3n) is 10.7. The van der Waals surface area contributed by atoms with Crippen LogP contribution < -0.4 is 20.3 Å². The fourth-order valence-corrected chi connectivity index (χ4v) is 7.59. The highest BCUT2D eigenvalue weighted by Gasteiger charge is 2.40. The van der Waals surface area contributed by atoms with E-state index in [1.807, 2.05) is 23.2 Å². The van der Waals surface area contributed by atoms with Crippen LogP contribution in [0, 0.1) is 6.92 Å². The van der Waals surface area contributed by atoms with E-state index in [1.165, 1.54) is 16.7 Å². The minimum atomic E-state index is -0.280. The van der Waals surface area contributed by atoms with Crippen LogP contribution in [0.4, 0.5) is 11.5 Å². The van der Waals surface area contributed by atoms with Crippen molar-refractivity contribution in [1.29, 1.82) is 0 Å². The molecule has 0 saturated carbocycles. The summed E-state index contributed by atoms with van der Waals surface area (Å²) < 4.78 is 18.0. The molecule has 1 aromatic heterocycles. The SMILES string of the molecule is CCCCN(CCNCCc1ccc(O)c2c1OCC(=O)N2)C(=O)CCOCCc1cccc(CN2CCC3(CC2)CN(c2cc(C)ccn2)CCO3)c1. The van der Waals surface area contributed by atoms with Crippen LogP contribution in [0.2, 0.25) is 0 Å². The molecule has 54 heavy (non-hydrogen) atoms. The molecule has 2 saturated heterocycles. The van der Waals surface area contributed by atoms with Crippen LogP contribution in [0.1, 0.15) is 61.3 Å². The lowest BCUT2D eigenvalue weighted by molar-refractivity contribution is -0.132. The van der Waals surface area contributed by atoms with Gasteiger partial charge in [-0.1, -0.05) is 43.7 Å². The van der Waals surface area contributed by atoms with E-state index in [-0.39, 0.29) is 29.8 Å². The van der Waals surface area contributed by atoms with Gasteiger partial charge in [0.05, 0.1) is 31.8 Å². The van der Waals surface area contributed by atoms with Gasteiger partial charge in [0.25, 0.3) is 5.91 Å². The molecular formula is C42H58N6O6. The van der Waals surface area contributed by atoms with Gasteiger partial charge in [-0.15, -0.1) is 0 Å². The summed E-state index contributed by atoms with van der Waals surface area (Å²) in [6.45, 7) is 13.4. The molecule has 0 radical (unpaired) electrons. The van der Waals surface area contributed by atoms with E-state index in [9.17, 15) is 14.7 Å². The molecule has 0 atom stereocenters. The number of hydrogen-bond acceptors (Lipinski definition) is 10. The zero-order valence-electron chi connectivity index (χ0n) is 32.1. The maximum Gasteiger partial charge on any atom is 0.262 e. The molecule has 12 nitrogen and oxygen atoms in total. The van der Waals surface area contributed by atoms with Gasteiger partial charge in [-0.05, 0) is 86.0 Å². The third kappa shape index (κ3) is 10.9. The fourth-order valence-electron chi connectivity index (χ4n) is 7.59. The Morgan fingerprint density at radius 2 is 1.91 bits per heavy atom. The van der Waals surface area contributed by atoms with Crippen molar-refractivity contribution >= 4 is 23.3 Å². The molecule has 3 aromatic rings. The molecule has 4 heterocycles. The van der Waals surface area contributed by atoms with Crippen molar-refractivity contribution in [3.05, 3.63) is 77.0 Å². The second-order valence-corrected chi connectivity index (χ2v) is 14.9. The average molecular weight is 743 g/mol. The Labute approximate surface area is 320 Å². The lowest BCUT2D eigenvalue weighted by Gasteiger charge is -2.47. The summed E-state index contributed by atoms with van der Waals surface area (Å²) in [6.07, 6.45) is 7.77. The Bertz CT molecular complexity index is 1700. The van der Waals surface area contributed by atoms with Gasteiger partial charge in [0, 0.05) is 58.6 Å². The zero-order valence-corrected chi connectivity index (χ0v) is 32.1. The predicted octanol–water partition coefficient (Wildman–Crippen LogP) is 4.71. The molecule has 292 valence electrons. The number of rotatable bonds is 18. The zero-order chi connectivity index (χ0) is 37.8. The van der Waals surface area contributed by atoms with E-state index in [1.54, 1.807) is 6.07 Å².